The predicted octanol–water partition coefficient (Wildman–Crippen LogP) is 4.25. The van der Waals surface area contributed by atoms with Crippen LogP contribution < -0.4 is 9.47 Å². The molecule has 1 atom stereocenters. The molecule has 4 heteroatoms. The van der Waals surface area contributed by atoms with Gasteiger partial charge in [0, 0.05) is 5.41 Å². The molecule has 3 nitrogen and oxygen atoms in total. The van der Waals surface area contributed by atoms with Gasteiger partial charge in [0.05, 0.1) is 18.6 Å². The zero-order valence-corrected chi connectivity index (χ0v) is 14.3. The first-order valence-electron chi connectivity index (χ1n) is 7.36. The topological polar surface area (TPSA) is 35.5 Å². The van der Waals surface area contributed by atoms with Gasteiger partial charge >= 0.3 is 0 Å². The average molecular weight is 313 g/mol. The van der Waals surface area contributed by atoms with Gasteiger partial charge in [0.15, 0.2) is 17.3 Å². The number of halogens is 1. The predicted molar refractivity (Wildman–Crippen MR) is 86.6 cm³/mol. The summed E-state index contributed by atoms with van der Waals surface area (Å²) in [4.78, 5) is 12.2. The van der Waals surface area contributed by atoms with E-state index < -0.39 is 10.8 Å². The van der Waals surface area contributed by atoms with Crippen LogP contribution in [0.2, 0.25) is 0 Å². The molecule has 0 amide bonds. The molecular formula is C17H25ClO3. The van der Waals surface area contributed by atoms with Crippen molar-refractivity contribution in [1.29, 1.82) is 0 Å². The van der Waals surface area contributed by atoms with Crippen LogP contribution in [0.25, 0.3) is 0 Å². The van der Waals surface area contributed by atoms with E-state index >= 15 is 0 Å². The zero-order valence-electron chi connectivity index (χ0n) is 13.5. The first-order valence-corrected chi connectivity index (χ1v) is 7.80. The lowest BCUT2D eigenvalue weighted by Gasteiger charge is -2.21. The monoisotopic (exact) mass is 312 g/mol. The van der Waals surface area contributed by atoms with E-state index in [9.17, 15) is 4.79 Å². The maximum atomic E-state index is 12.2. The quantitative estimate of drug-likeness (QED) is 0.706. The van der Waals surface area contributed by atoms with E-state index in [0.717, 1.165) is 11.3 Å². The summed E-state index contributed by atoms with van der Waals surface area (Å²) in [7, 11) is 0. The molecule has 0 saturated carbocycles. The lowest BCUT2D eigenvalue weighted by molar-refractivity contribution is -0.125. The number of carbonyl (C=O) groups excluding carboxylic acids is 1. The lowest BCUT2D eigenvalue weighted by Crippen LogP contribution is -2.30. The summed E-state index contributed by atoms with van der Waals surface area (Å²) in [5.74, 6) is 1.47. The lowest BCUT2D eigenvalue weighted by atomic mass is 9.87. The number of ketones is 1. The normalized spacial score (nSPS) is 12.9. The van der Waals surface area contributed by atoms with E-state index in [2.05, 4.69) is 0 Å². The van der Waals surface area contributed by atoms with Crippen LogP contribution in [-0.2, 0) is 11.2 Å². The van der Waals surface area contributed by atoms with E-state index in [1.807, 2.05) is 52.8 Å². The summed E-state index contributed by atoms with van der Waals surface area (Å²) in [6, 6.07) is 5.70. The Morgan fingerprint density at radius 1 is 1.14 bits per heavy atom. The van der Waals surface area contributed by atoms with Crippen molar-refractivity contribution in [3.05, 3.63) is 23.8 Å². The van der Waals surface area contributed by atoms with Crippen molar-refractivity contribution in [3.8, 4) is 11.5 Å². The molecule has 0 fully saturated rings. The number of Topliss-reactive ketones (excluding diaryl/α,β-unsaturated/α-hetero) is 1. The highest BCUT2D eigenvalue weighted by molar-refractivity contribution is 6.31. The second kappa shape index (κ2) is 7.69. The molecule has 0 spiro atoms. The third-order valence-electron chi connectivity index (χ3n) is 3.05. The average Bonchev–Trinajstić information content (AvgIpc) is 2.40. The van der Waals surface area contributed by atoms with Gasteiger partial charge in [0.25, 0.3) is 0 Å². The van der Waals surface area contributed by atoms with Crippen molar-refractivity contribution < 1.29 is 14.3 Å². The fourth-order valence-electron chi connectivity index (χ4n) is 1.99. The molecule has 0 aliphatic carbocycles. The van der Waals surface area contributed by atoms with Crippen LogP contribution >= 0.6 is 11.6 Å². The molecule has 1 aromatic rings. The van der Waals surface area contributed by atoms with E-state index in [0.29, 0.717) is 25.4 Å². The van der Waals surface area contributed by atoms with Gasteiger partial charge in [-0.15, -0.1) is 11.6 Å². The molecule has 0 aliphatic heterocycles. The maximum absolute atomic E-state index is 12.2. The van der Waals surface area contributed by atoms with Gasteiger partial charge in [0.2, 0.25) is 0 Å². The number of benzene rings is 1. The van der Waals surface area contributed by atoms with E-state index in [4.69, 9.17) is 21.1 Å². The molecule has 118 valence electrons. The number of hydrogen-bond donors (Lipinski definition) is 0. The fraction of sp³-hybridized carbons (Fsp3) is 0.588. The fourth-order valence-corrected chi connectivity index (χ4v) is 2.50. The molecule has 0 heterocycles. The highest BCUT2D eigenvalue weighted by atomic mass is 35.5. The summed E-state index contributed by atoms with van der Waals surface area (Å²) in [6.07, 6.45) is 0.490. The SMILES string of the molecule is CCOc1ccc(CC(Cl)C(=O)C(C)(C)C)cc1OCC. The summed E-state index contributed by atoms with van der Waals surface area (Å²) >= 11 is 6.26. The molecule has 1 rings (SSSR count). The summed E-state index contributed by atoms with van der Waals surface area (Å²) in [6.45, 7) is 10.7. The molecule has 0 saturated heterocycles. The summed E-state index contributed by atoms with van der Waals surface area (Å²) in [5.41, 5.74) is 0.542. The van der Waals surface area contributed by atoms with Crippen LogP contribution in [0.5, 0.6) is 11.5 Å². The van der Waals surface area contributed by atoms with Crippen molar-refractivity contribution in [2.45, 2.75) is 46.4 Å². The van der Waals surface area contributed by atoms with E-state index in [1.54, 1.807) is 0 Å². The number of ether oxygens (including phenoxy) is 2. The minimum atomic E-state index is -0.530. The van der Waals surface area contributed by atoms with Crippen LogP contribution in [0.1, 0.15) is 40.2 Å². The van der Waals surface area contributed by atoms with Crippen LogP contribution in [0.3, 0.4) is 0 Å². The minimum absolute atomic E-state index is 0.0519. The first kappa shape index (κ1) is 17.8. The van der Waals surface area contributed by atoms with Crippen molar-refractivity contribution in [2.75, 3.05) is 13.2 Å². The molecule has 0 aromatic heterocycles. The molecule has 0 aliphatic rings. The third-order valence-corrected chi connectivity index (χ3v) is 3.40. The number of carbonyl (C=O) groups is 1. The Morgan fingerprint density at radius 2 is 1.71 bits per heavy atom. The zero-order chi connectivity index (χ0) is 16.0. The Kier molecular flexibility index (Phi) is 6.53. The minimum Gasteiger partial charge on any atom is -0.490 e. The van der Waals surface area contributed by atoms with Crippen molar-refractivity contribution in [3.63, 3.8) is 0 Å². The Bertz CT molecular complexity index is 477. The highest BCUT2D eigenvalue weighted by Crippen LogP contribution is 2.30. The number of rotatable bonds is 7. The molecule has 1 unspecified atom stereocenters. The van der Waals surface area contributed by atoms with Crippen molar-refractivity contribution in [1.82, 2.24) is 0 Å². The van der Waals surface area contributed by atoms with Gasteiger partial charge < -0.3 is 9.47 Å². The molecule has 0 radical (unpaired) electrons. The first-order chi connectivity index (χ1) is 9.79. The van der Waals surface area contributed by atoms with Crippen molar-refractivity contribution in [2.24, 2.45) is 5.41 Å². The molecule has 0 bridgehead atoms. The largest absolute Gasteiger partial charge is 0.490 e. The molecular weight excluding hydrogens is 288 g/mol. The molecule has 0 N–H and O–H groups in total. The van der Waals surface area contributed by atoms with Gasteiger partial charge in [-0.1, -0.05) is 26.8 Å². The summed E-state index contributed by atoms with van der Waals surface area (Å²) in [5, 5.41) is -0.530. The maximum Gasteiger partial charge on any atom is 0.161 e. The van der Waals surface area contributed by atoms with Gasteiger partial charge in [-0.25, -0.2) is 0 Å². The van der Waals surface area contributed by atoms with Crippen LogP contribution in [0.15, 0.2) is 18.2 Å². The van der Waals surface area contributed by atoms with Crippen LogP contribution in [-0.4, -0.2) is 24.4 Å². The van der Waals surface area contributed by atoms with Gasteiger partial charge in [0.1, 0.15) is 0 Å². The van der Waals surface area contributed by atoms with Crippen LogP contribution in [0, 0.1) is 5.41 Å². The smallest absolute Gasteiger partial charge is 0.161 e. The Hall–Kier alpha value is -1.22. The molecule has 21 heavy (non-hydrogen) atoms. The van der Waals surface area contributed by atoms with Gasteiger partial charge in [-0.2, -0.15) is 0 Å². The van der Waals surface area contributed by atoms with Crippen molar-refractivity contribution >= 4 is 17.4 Å². The third kappa shape index (κ3) is 5.24. The second-order valence-corrected chi connectivity index (χ2v) is 6.46. The van der Waals surface area contributed by atoms with Gasteiger partial charge in [-0.05, 0) is 38.0 Å². The Labute approximate surface area is 132 Å². The Morgan fingerprint density at radius 3 is 2.24 bits per heavy atom. The van der Waals surface area contributed by atoms with E-state index in [1.165, 1.54) is 0 Å². The molecule has 1 aromatic carbocycles. The number of alkyl halides is 1. The highest BCUT2D eigenvalue weighted by Gasteiger charge is 2.28. The standard InChI is InChI=1S/C17H25ClO3/c1-6-20-14-9-8-12(11-15(14)21-7-2)10-13(18)16(19)17(3,4)5/h8-9,11,13H,6-7,10H2,1-5H3. The summed E-state index contributed by atoms with van der Waals surface area (Å²) < 4.78 is 11.1. The second-order valence-electron chi connectivity index (χ2n) is 5.93. The van der Waals surface area contributed by atoms with Crippen LogP contribution in [0.4, 0.5) is 0 Å². The number of hydrogen-bond acceptors (Lipinski definition) is 3. The van der Waals surface area contributed by atoms with E-state index in [-0.39, 0.29) is 5.78 Å². The Balaban J connectivity index is 2.89. The van der Waals surface area contributed by atoms with Gasteiger partial charge in [-0.3, -0.25) is 4.79 Å².